The molecule has 1 fully saturated rings. The van der Waals surface area contributed by atoms with Crippen LogP contribution in [-0.4, -0.2) is 32.3 Å². The first-order valence-electron chi connectivity index (χ1n) is 9.05. The van der Waals surface area contributed by atoms with Gasteiger partial charge in [-0.25, -0.2) is 9.97 Å². The normalized spacial score (nSPS) is 17.7. The van der Waals surface area contributed by atoms with Crippen molar-refractivity contribution in [2.24, 2.45) is 0 Å². The number of nitrogens with one attached hydrogen (secondary N) is 2. The van der Waals surface area contributed by atoms with Gasteiger partial charge in [-0.1, -0.05) is 12.1 Å². The van der Waals surface area contributed by atoms with E-state index in [-0.39, 0.29) is 11.9 Å². The fourth-order valence-corrected chi connectivity index (χ4v) is 3.62. The average molecular weight is 349 g/mol. The summed E-state index contributed by atoms with van der Waals surface area (Å²) in [5.74, 6) is 0.804. The van der Waals surface area contributed by atoms with E-state index >= 15 is 0 Å². The summed E-state index contributed by atoms with van der Waals surface area (Å²) in [5, 5.41) is 4.04. The van der Waals surface area contributed by atoms with Crippen LogP contribution in [0.3, 0.4) is 0 Å². The van der Waals surface area contributed by atoms with E-state index in [4.69, 9.17) is 0 Å². The zero-order valence-electron chi connectivity index (χ0n) is 14.9. The molecule has 1 amide bonds. The number of amides is 1. The van der Waals surface area contributed by atoms with E-state index in [9.17, 15) is 4.79 Å². The number of hydrogen-bond donors (Lipinski definition) is 2. The lowest BCUT2D eigenvalue weighted by Crippen LogP contribution is -2.25. The maximum atomic E-state index is 11.1. The summed E-state index contributed by atoms with van der Waals surface area (Å²) >= 11 is 0. The summed E-state index contributed by atoms with van der Waals surface area (Å²) in [4.78, 5) is 26.0. The molecule has 0 radical (unpaired) electrons. The number of hydrogen-bond acceptors (Lipinski definition) is 4. The molecule has 1 aromatic carbocycles. The molecular weight excluding hydrogens is 326 g/mol. The van der Waals surface area contributed by atoms with Gasteiger partial charge in [-0.05, 0) is 48.5 Å². The Kier molecular flexibility index (Phi) is 4.67. The predicted octanol–water partition coefficient (Wildman–Crippen LogP) is 2.93. The molecular formula is C20H23N5O. The van der Waals surface area contributed by atoms with Crippen molar-refractivity contribution in [2.75, 3.05) is 6.54 Å². The highest BCUT2D eigenvalue weighted by atomic mass is 16.1. The molecule has 2 N–H and O–H groups in total. The minimum Gasteiger partial charge on any atom is -0.361 e. The van der Waals surface area contributed by atoms with Gasteiger partial charge < -0.3 is 10.3 Å². The zero-order chi connectivity index (χ0) is 17.9. The molecule has 134 valence electrons. The SMILES string of the molecule is CC(=O)NCc1ccnc([C@H]2CCCN2Cc2ccc3cc[nH]c3c2)n1. The summed E-state index contributed by atoms with van der Waals surface area (Å²) in [6.45, 7) is 3.90. The van der Waals surface area contributed by atoms with Crippen LogP contribution < -0.4 is 5.32 Å². The summed E-state index contributed by atoms with van der Waals surface area (Å²) < 4.78 is 0. The highest BCUT2D eigenvalue weighted by Crippen LogP contribution is 2.31. The Morgan fingerprint density at radius 2 is 2.27 bits per heavy atom. The van der Waals surface area contributed by atoms with E-state index in [1.54, 1.807) is 6.20 Å². The van der Waals surface area contributed by atoms with Crippen LogP contribution in [0.15, 0.2) is 42.7 Å². The first-order chi connectivity index (χ1) is 12.7. The van der Waals surface area contributed by atoms with Gasteiger partial charge in [-0.3, -0.25) is 9.69 Å². The molecule has 0 saturated carbocycles. The van der Waals surface area contributed by atoms with Crippen molar-refractivity contribution in [2.45, 2.75) is 38.9 Å². The molecule has 1 atom stereocenters. The van der Waals surface area contributed by atoms with Crippen molar-refractivity contribution in [3.05, 3.63) is 59.8 Å². The summed E-state index contributed by atoms with van der Waals surface area (Å²) in [5.41, 5.74) is 3.32. The Morgan fingerprint density at radius 3 is 3.15 bits per heavy atom. The monoisotopic (exact) mass is 349 g/mol. The van der Waals surface area contributed by atoms with Crippen molar-refractivity contribution in [3.8, 4) is 0 Å². The smallest absolute Gasteiger partial charge is 0.217 e. The van der Waals surface area contributed by atoms with Crippen LogP contribution >= 0.6 is 0 Å². The second kappa shape index (κ2) is 7.25. The van der Waals surface area contributed by atoms with Crippen LogP contribution in [0, 0.1) is 0 Å². The van der Waals surface area contributed by atoms with E-state index in [1.165, 1.54) is 23.4 Å². The number of aromatic nitrogens is 3. The second-order valence-corrected chi connectivity index (χ2v) is 6.84. The van der Waals surface area contributed by atoms with Gasteiger partial charge >= 0.3 is 0 Å². The number of carbonyl (C=O) groups excluding carboxylic acids is 1. The highest BCUT2D eigenvalue weighted by molar-refractivity contribution is 5.79. The van der Waals surface area contributed by atoms with E-state index < -0.39 is 0 Å². The Balaban J connectivity index is 1.50. The van der Waals surface area contributed by atoms with Crippen LogP contribution in [0.2, 0.25) is 0 Å². The van der Waals surface area contributed by atoms with Crippen molar-refractivity contribution in [3.63, 3.8) is 0 Å². The lowest BCUT2D eigenvalue weighted by molar-refractivity contribution is -0.119. The molecule has 6 heteroatoms. The third kappa shape index (κ3) is 3.60. The summed E-state index contributed by atoms with van der Waals surface area (Å²) in [7, 11) is 0. The standard InChI is InChI=1S/C20H23N5O/c1-14(26)23-12-17-7-9-22-20(24-17)19-3-2-10-25(19)13-15-4-5-16-6-8-21-18(16)11-15/h4-9,11,19,21H,2-3,10,12-13H2,1H3,(H,23,26)/t19-/m1/s1. The largest absolute Gasteiger partial charge is 0.361 e. The molecule has 0 spiro atoms. The van der Waals surface area contributed by atoms with E-state index in [2.05, 4.69) is 49.4 Å². The van der Waals surface area contributed by atoms with Crippen molar-refractivity contribution in [1.29, 1.82) is 0 Å². The maximum absolute atomic E-state index is 11.1. The van der Waals surface area contributed by atoms with Crippen molar-refractivity contribution in [1.82, 2.24) is 25.2 Å². The molecule has 6 nitrogen and oxygen atoms in total. The molecule has 4 rings (SSSR count). The molecule has 1 aliphatic heterocycles. The first kappa shape index (κ1) is 16.7. The summed E-state index contributed by atoms with van der Waals surface area (Å²) in [6.07, 6.45) is 5.98. The van der Waals surface area contributed by atoms with Gasteiger partial charge in [0.05, 0.1) is 18.3 Å². The Hall–Kier alpha value is -2.73. The molecule has 26 heavy (non-hydrogen) atoms. The van der Waals surface area contributed by atoms with E-state index in [1.807, 2.05) is 12.3 Å². The Morgan fingerprint density at radius 1 is 1.35 bits per heavy atom. The summed E-state index contributed by atoms with van der Waals surface area (Å²) in [6, 6.07) is 10.8. The topological polar surface area (TPSA) is 73.9 Å². The average Bonchev–Trinajstić information content (AvgIpc) is 3.29. The van der Waals surface area contributed by atoms with Crippen LogP contribution in [0.1, 0.15) is 42.9 Å². The van der Waals surface area contributed by atoms with Crippen molar-refractivity contribution < 1.29 is 4.79 Å². The van der Waals surface area contributed by atoms with Gasteiger partial charge in [-0.15, -0.1) is 0 Å². The van der Waals surface area contributed by atoms with Crippen molar-refractivity contribution >= 4 is 16.8 Å². The lowest BCUT2D eigenvalue weighted by atomic mass is 10.1. The number of likely N-dealkylation sites (tertiary alicyclic amines) is 1. The number of fused-ring (bicyclic) bond motifs is 1. The van der Waals surface area contributed by atoms with Gasteiger partial charge in [0.15, 0.2) is 0 Å². The molecule has 2 aromatic heterocycles. The second-order valence-electron chi connectivity index (χ2n) is 6.84. The molecule has 1 saturated heterocycles. The van der Waals surface area contributed by atoms with Crippen LogP contribution in [0.25, 0.3) is 10.9 Å². The maximum Gasteiger partial charge on any atom is 0.217 e. The molecule has 0 unspecified atom stereocenters. The predicted molar refractivity (Wildman–Crippen MR) is 100 cm³/mol. The Labute approximate surface area is 152 Å². The molecule has 0 bridgehead atoms. The third-order valence-electron chi connectivity index (χ3n) is 4.92. The molecule has 0 aliphatic carbocycles. The van der Waals surface area contributed by atoms with Gasteiger partial charge in [-0.2, -0.15) is 0 Å². The first-order valence-corrected chi connectivity index (χ1v) is 9.05. The van der Waals surface area contributed by atoms with Crippen LogP contribution in [-0.2, 0) is 17.9 Å². The van der Waals surface area contributed by atoms with Crippen LogP contribution in [0.4, 0.5) is 0 Å². The minimum atomic E-state index is -0.0487. The molecule has 3 aromatic rings. The minimum absolute atomic E-state index is 0.0487. The fraction of sp³-hybridized carbons (Fsp3) is 0.350. The highest BCUT2D eigenvalue weighted by Gasteiger charge is 2.28. The van der Waals surface area contributed by atoms with E-state index in [0.29, 0.717) is 6.54 Å². The quantitative estimate of drug-likeness (QED) is 0.743. The third-order valence-corrected chi connectivity index (χ3v) is 4.92. The number of aromatic amines is 1. The number of benzene rings is 1. The van der Waals surface area contributed by atoms with Crippen LogP contribution in [0.5, 0.6) is 0 Å². The number of H-pyrrole nitrogens is 1. The Bertz CT molecular complexity index is 919. The van der Waals surface area contributed by atoms with Gasteiger partial charge in [0.1, 0.15) is 5.82 Å². The van der Waals surface area contributed by atoms with E-state index in [0.717, 1.165) is 37.4 Å². The van der Waals surface area contributed by atoms with Gasteiger partial charge in [0, 0.05) is 31.4 Å². The zero-order valence-corrected chi connectivity index (χ0v) is 14.9. The van der Waals surface area contributed by atoms with Gasteiger partial charge in [0.25, 0.3) is 0 Å². The molecule has 1 aliphatic rings. The van der Waals surface area contributed by atoms with Gasteiger partial charge in [0.2, 0.25) is 5.91 Å². The fourth-order valence-electron chi connectivity index (χ4n) is 3.62. The molecule has 3 heterocycles. The number of rotatable bonds is 5. The number of carbonyl (C=O) groups is 1. The lowest BCUT2D eigenvalue weighted by Gasteiger charge is -2.23. The number of nitrogens with zero attached hydrogens (tertiary/aromatic N) is 3.